The number of aromatic nitrogens is 1. The second kappa shape index (κ2) is 5.34. The second-order valence-corrected chi connectivity index (χ2v) is 3.81. The van der Waals surface area contributed by atoms with Crippen molar-refractivity contribution < 1.29 is 14.3 Å². The molecule has 5 nitrogen and oxygen atoms in total. The summed E-state index contributed by atoms with van der Waals surface area (Å²) in [5.74, 6) is -0.152. The molecular weight excluding hydrogens is 208 g/mol. The van der Waals surface area contributed by atoms with Crippen molar-refractivity contribution in [1.82, 2.24) is 10.3 Å². The standard InChI is InChI=1S/C11H16N2O3/c1-7(2)9(13-11(15)16-3)10(14)8-5-4-6-12-8/h4-7,9,12H,1-3H3,(H,13,15). The van der Waals surface area contributed by atoms with Crippen LogP contribution < -0.4 is 5.32 Å². The minimum absolute atomic E-state index is 0.00472. The van der Waals surface area contributed by atoms with Crippen LogP contribution in [0, 0.1) is 5.92 Å². The number of carbonyl (C=O) groups excluding carboxylic acids is 2. The van der Waals surface area contributed by atoms with Crippen LogP contribution in [0.15, 0.2) is 18.3 Å². The van der Waals surface area contributed by atoms with Gasteiger partial charge < -0.3 is 15.0 Å². The molecule has 16 heavy (non-hydrogen) atoms. The summed E-state index contributed by atoms with van der Waals surface area (Å²) < 4.78 is 4.49. The SMILES string of the molecule is COC(=O)NC(C(=O)c1ccc[nH]1)C(C)C. The molecule has 1 rings (SSSR count). The van der Waals surface area contributed by atoms with Crippen molar-refractivity contribution in [2.45, 2.75) is 19.9 Å². The first-order valence-corrected chi connectivity index (χ1v) is 5.08. The molecule has 0 saturated heterocycles. The Morgan fingerprint density at radius 2 is 2.12 bits per heavy atom. The number of nitrogens with one attached hydrogen (secondary N) is 2. The van der Waals surface area contributed by atoms with Gasteiger partial charge in [-0.15, -0.1) is 0 Å². The van der Waals surface area contributed by atoms with E-state index in [1.807, 2.05) is 13.8 Å². The molecule has 1 aromatic heterocycles. The van der Waals surface area contributed by atoms with Crippen LogP contribution in [0.1, 0.15) is 24.3 Å². The van der Waals surface area contributed by atoms with E-state index in [-0.39, 0.29) is 11.7 Å². The lowest BCUT2D eigenvalue weighted by Crippen LogP contribution is -2.44. The molecule has 0 saturated carbocycles. The fourth-order valence-electron chi connectivity index (χ4n) is 1.37. The molecule has 0 radical (unpaired) electrons. The highest BCUT2D eigenvalue weighted by Crippen LogP contribution is 2.09. The number of Topliss-reactive ketones (excluding diaryl/α,β-unsaturated/α-hetero) is 1. The number of methoxy groups -OCH3 is 1. The van der Waals surface area contributed by atoms with E-state index in [1.165, 1.54) is 7.11 Å². The van der Waals surface area contributed by atoms with E-state index < -0.39 is 12.1 Å². The maximum absolute atomic E-state index is 12.0. The van der Waals surface area contributed by atoms with Crippen molar-refractivity contribution in [2.24, 2.45) is 5.92 Å². The molecule has 0 aromatic carbocycles. The van der Waals surface area contributed by atoms with Gasteiger partial charge in [0.2, 0.25) is 5.78 Å². The Balaban J connectivity index is 2.78. The Hall–Kier alpha value is -1.78. The van der Waals surface area contributed by atoms with Crippen LogP contribution in [-0.4, -0.2) is 30.0 Å². The number of alkyl carbamates (subject to hydrolysis) is 1. The minimum Gasteiger partial charge on any atom is -0.453 e. The van der Waals surface area contributed by atoms with E-state index in [2.05, 4.69) is 15.0 Å². The molecular formula is C11H16N2O3. The molecule has 0 fully saturated rings. The van der Waals surface area contributed by atoms with Crippen molar-refractivity contribution in [1.29, 1.82) is 0 Å². The molecule has 0 aliphatic rings. The van der Waals surface area contributed by atoms with Gasteiger partial charge in [-0.1, -0.05) is 13.8 Å². The van der Waals surface area contributed by atoms with Gasteiger partial charge in [-0.05, 0) is 18.1 Å². The van der Waals surface area contributed by atoms with Gasteiger partial charge in [0.25, 0.3) is 0 Å². The van der Waals surface area contributed by atoms with Gasteiger partial charge >= 0.3 is 6.09 Å². The van der Waals surface area contributed by atoms with Crippen LogP contribution in [-0.2, 0) is 4.74 Å². The number of aromatic amines is 1. The number of hydrogen-bond donors (Lipinski definition) is 2. The number of ketones is 1. The second-order valence-electron chi connectivity index (χ2n) is 3.81. The predicted molar refractivity (Wildman–Crippen MR) is 59.3 cm³/mol. The third-order valence-electron chi connectivity index (χ3n) is 2.27. The minimum atomic E-state index is -0.599. The molecule has 2 N–H and O–H groups in total. The molecule has 0 aliphatic heterocycles. The Morgan fingerprint density at radius 3 is 2.56 bits per heavy atom. The Bertz CT molecular complexity index is 357. The molecule has 1 aromatic rings. The molecule has 0 spiro atoms. The first-order valence-electron chi connectivity index (χ1n) is 5.08. The lowest BCUT2D eigenvalue weighted by molar-refractivity contribution is 0.0899. The maximum atomic E-state index is 12.0. The Morgan fingerprint density at radius 1 is 1.44 bits per heavy atom. The van der Waals surface area contributed by atoms with Gasteiger partial charge in [0.05, 0.1) is 18.8 Å². The van der Waals surface area contributed by atoms with Crippen molar-refractivity contribution in [3.8, 4) is 0 Å². The monoisotopic (exact) mass is 224 g/mol. The number of amides is 1. The van der Waals surface area contributed by atoms with Crippen LogP contribution in [0.25, 0.3) is 0 Å². The summed E-state index contributed by atoms with van der Waals surface area (Å²) in [6, 6.07) is 2.84. The van der Waals surface area contributed by atoms with Gasteiger partial charge in [-0.2, -0.15) is 0 Å². The lowest BCUT2D eigenvalue weighted by Gasteiger charge is -2.19. The number of hydrogen-bond acceptors (Lipinski definition) is 3. The van der Waals surface area contributed by atoms with Crippen LogP contribution in [0.5, 0.6) is 0 Å². The van der Waals surface area contributed by atoms with Gasteiger partial charge in [0.15, 0.2) is 0 Å². The highest BCUT2D eigenvalue weighted by atomic mass is 16.5. The number of H-pyrrole nitrogens is 1. The van der Waals surface area contributed by atoms with Gasteiger partial charge in [0.1, 0.15) is 0 Å². The van der Waals surface area contributed by atoms with E-state index in [0.717, 1.165) is 0 Å². The zero-order valence-electron chi connectivity index (χ0n) is 9.61. The van der Waals surface area contributed by atoms with E-state index in [4.69, 9.17) is 0 Å². The molecule has 1 amide bonds. The largest absolute Gasteiger partial charge is 0.453 e. The van der Waals surface area contributed by atoms with E-state index in [0.29, 0.717) is 5.69 Å². The zero-order valence-corrected chi connectivity index (χ0v) is 9.61. The normalized spacial score (nSPS) is 12.2. The molecule has 0 aliphatic carbocycles. The maximum Gasteiger partial charge on any atom is 0.407 e. The molecule has 5 heteroatoms. The fraction of sp³-hybridized carbons (Fsp3) is 0.455. The van der Waals surface area contributed by atoms with Crippen LogP contribution in [0.3, 0.4) is 0 Å². The average molecular weight is 224 g/mol. The molecule has 88 valence electrons. The van der Waals surface area contributed by atoms with Crippen LogP contribution in [0.2, 0.25) is 0 Å². The molecule has 1 atom stereocenters. The van der Waals surface area contributed by atoms with Gasteiger partial charge in [-0.3, -0.25) is 4.79 Å². The summed E-state index contributed by atoms with van der Waals surface area (Å²) in [6.07, 6.45) is 1.07. The highest BCUT2D eigenvalue weighted by Gasteiger charge is 2.25. The van der Waals surface area contributed by atoms with Gasteiger partial charge in [-0.25, -0.2) is 4.79 Å². The van der Waals surface area contributed by atoms with Crippen molar-refractivity contribution in [2.75, 3.05) is 7.11 Å². The first kappa shape index (κ1) is 12.3. The van der Waals surface area contributed by atoms with Crippen molar-refractivity contribution in [3.05, 3.63) is 24.0 Å². The summed E-state index contributed by atoms with van der Waals surface area (Å²) in [5.41, 5.74) is 0.482. The first-order chi connectivity index (χ1) is 7.56. The quantitative estimate of drug-likeness (QED) is 0.763. The summed E-state index contributed by atoms with van der Waals surface area (Å²) in [7, 11) is 1.27. The summed E-state index contributed by atoms with van der Waals surface area (Å²) in [5, 5.41) is 2.52. The van der Waals surface area contributed by atoms with Crippen LogP contribution >= 0.6 is 0 Å². The Kier molecular flexibility index (Phi) is 4.10. The summed E-state index contributed by atoms with van der Waals surface area (Å²) >= 11 is 0. The molecule has 1 heterocycles. The lowest BCUT2D eigenvalue weighted by atomic mass is 9.98. The zero-order chi connectivity index (χ0) is 12.1. The smallest absolute Gasteiger partial charge is 0.407 e. The predicted octanol–water partition coefficient (Wildman–Crippen LogP) is 1.58. The van der Waals surface area contributed by atoms with E-state index >= 15 is 0 Å². The number of ether oxygens (including phenoxy) is 1. The Labute approximate surface area is 94.2 Å². The third kappa shape index (κ3) is 2.85. The third-order valence-corrected chi connectivity index (χ3v) is 2.27. The van der Waals surface area contributed by atoms with Crippen molar-refractivity contribution in [3.63, 3.8) is 0 Å². The highest BCUT2D eigenvalue weighted by molar-refractivity contribution is 6.00. The summed E-state index contributed by atoms with van der Waals surface area (Å²) in [4.78, 5) is 25.9. The molecule has 0 bridgehead atoms. The fourth-order valence-corrected chi connectivity index (χ4v) is 1.37. The topological polar surface area (TPSA) is 71.2 Å². The average Bonchev–Trinajstić information content (AvgIpc) is 2.77. The van der Waals surface area contributed by atoms with Gasteiger partial charge in [0, 0.05) is 6.20 Å². The van der Waals surface area contributed by atoms with E-state index in [1.54, 1.807) is 18.3 Å². The molecule has 1 unspecified atom stereocenters. The van der Waals surface area contributed by atoms with Crippen molar-refractivity contribution >= 4 is 11.9 Å². The van der Waals surface area contributed by atoms with E-state index in [9.17, 15) is 9.59 Å². The number of carbonyl (C=O) groups is 2. The number of rotatable bonds is 4. The van der Waals surface area contributed by atoms with Crippen LogP contribution in [0.4, 0.5) is 4.79 Å². The summed E-state index contributed by atoms with van der Waals surface area (Å²) in [6.45, 7) is 3.73.